The minimum absolute atomic E-state index is 0.0111. The van der Waals surface area contributed by atoms with Crippen LogP contribution in [0.3, 0.4) is 0 Å². The number of anilines is 1. The van der Waals surface area contributed by atoms with Gasteiger partial charge in [-0.3, -0.25) is 24.0 Å². The molecule has 43 heavy (non-hydrogen) atoms. The first kappa shape index (κ1) is 30.0. The molecule has 0 spiro atoms. The molecule has 0 heterocycles. The molecule has 0 aromatic heterocycles. The number of aromatic hydroxyl groups is 1. The van der Waals surface area contributed by atoms with Crippen molar-refractivity contribution in [1.29, 1.82) is 0 Å². The van der Waals surface area contributed by atoms with Gasteiger partial charge in [0.2, 0.25) is 5.91 Å². The fraction of sp³-hybridized carbons (Fsp3) is 0.400. The number of phenolic OH excluding ortho intramolecular Hbond substituents is 1. The predicted molar refractivity (Wildman–Crippen MR) is 148 cm³/mol. The van der Waals surface area contributed by atoms with E-state index in [0.29, 0.717) is 22.4 Å². The third kappa shape index (κ3) is 4.51. The highest BCUT2D eigenvalue weighted by molar-refractivity contribution is 6.37. The molecule has 13 heteroatoms. The lowest BCUT2D eigenvalue weighted by molar-refractivity contribution is -0.190. The van der Waals surface area contributed by atoms with Gasteiger partial charge >= 0.3 is 11.9 Å². The SMILES string of the molecule is COC(=O)C(=O)Nc1ccc(-c2ccc(O)c3c2C[C@@H]2C[C@@H]4[C@@H](N(C)C)C(O)C(C(N)=O)C(=O)[C@]4(O)C(=O)C2C3=O)cc1. The molecule has 6 N–H and O–H groups in total. The number of Topliss-reactive ketones (excluding diaryl/α,β-unsaturated/α-hetero) is 3. The lowest BCUT2D eigenvalue weighted by Gasteiger charge is -2.54. The number of hydrogen-bond acceptors (Lipinski definition) is 11. The van der Waals surface area contributed by atoms with Crippen molar-refractivity contribution in [3.8, 4) is 16.9 Å². The normalized spacial score (nSPS) is 29.8. The van der Waals surface area contributed by atoms with Crippen LogP contribution in [0.4, 0.5) is 5.69 Å². The van der Waals surface area contributed by atoms with Gasteiger partial charge in [-0.05, 0) is 67.7 Å². The Morgan fingerprint density at radius 1 is 1.05 bits per heavy atom. The Morgan fingerprint density at radius 2 is 1.70 bits per heavy atom. The first-order chi connectivity index (χ1) is 20.2. The summed E-state index contributed by atoms with van der Waals surface area (Å²) in [5.74, 6) is -11.8. The number of benzene rings is 2. The standard InChI is InChI=1S/C30H31N3O10/c1-33(2)22-17-11-13-10-16-15(12-4-6-14(7-5-12)32-28(40)29(41)43-3)8-9-18(34)20(16)23(35)19(13)25(37)30(17,42)26(38)21(24(22)36)27(31)39/h4-9,13,17,19,21-22,24,34,36,42H,10-11H2,1-3H3,(H2,31,39)(H,32,40)/t13-,17-,19?,21?,22-,24?,30-/m1/s1. The minimum atomic E-state index is -2.74. The molecule has 13 nitrogen and oxygen atoms in total. The zero-order valence-electron chi connectivity index (χ0n) is 23.6. The van der Waals surface area contributed by atoms with Crippen molar-refractivity contribution in [1.82, 2.24) is 4.90 Å². The number of esters is 1. The third-order valence-electron chi connectivity index (χ3n) is 9.00. The van der Waals surface area contributed by atoms with Crippen LogP contribution in [0.5, 0.6) is 5.75 Å². The number of ketones is 3. The molecule has 2 fully saturated rings. The fourth-order valence-corrected chi connectivity index (χ4v) is 7.10. The van der Waals surface area contributed by atoms with Crippen LogP contribution < -0.4 is 11.1 Å². The molecule has 3 aliphatic rings. The summed E-state index contributed by atoms with van der Waals surface area (Å²) < 4.78 is 4.40. The number of aliphatic hydroxyl groups is 2. The highest BCUT2D eigenvalue weighted by atomic mass is 16.5. The molecule has 0 bridgehead atoms. The largest absolute Gasteiger partial charge is 0.507 e. The number of aliphatic hydroxyl groups excluding tert-OH is 1. The van der Waals surface area contributed by atoms with Crippen molar-refractivity contribution in [2.24, 2.45) is 29.4 Å². The smallest absolute Gasteiger partial charge is 0.396 e. The number of carbonyl (C=O) groups is 6. The minimum Gasteiger partial charge on any atom is -0.507 e. The number of carbonyl (C=O) groups excluding carboxylic acids is 6. The molecular weight excluding hydrogens is 562 g/mol. The number of nitrogens with zero attached hydrogens (tertiary/aromatic N) is 1. The van der Waals surface area contributed by atoms with Crippen LogP contribution in [0.25, 0.3) is 11.1 Å². The number of primary amides is 1. The highest BCUT2D eigenvalue weighted by Gasteiger charge is 2.69. The molecule has 2 amide bonds. The monoisotopic (exact) mass is 593 g/mol. The topological polar surface area (TPSA) is 214 Å². The first-order valence-corrected chi connectivity index (χ1v) is 13.6. The van der Waals surface area contributed by atoms with Crippen LogP contribution in [0.2, 0.25) is 0 Å². The zero-order valence-corrected chi connectivity index (χ0v) is 23.6. The second kappa shape index (κ2) is 10.7. The van der Waals surface area contributed by atoms with E-state index in [1.54, 1.807) is 44.4 Å². The summed E-state index contributed by atoms with van der Waals surface area (Å²) in [6, 6.07) is 8.28. The van der Waals surface area contributed by atoms with Gasteiger partial charge in [-0.25, -0.2) is 4.79 Å². The van der Waals surface area contributed by atoms with Crippen LogP contribution in [0.15, 0.2) is 36.4 Å². The van der Waals surface area contributed by atoms with Gasteiger partial charge in [0.15, 0.2) is 23.0 Å². The van der Waals surface area contributed by atoms with Gasteiger partial charge < -0.3 is 36.0 Å². The van der Waals surface area contributed by atoms with Crippen molar-refractivity contribution < 1.29 is 48.8 Å². The quantitative estimate of drug-likeness (QED) is 0.172. The molecule has 7 atom stereocenters. The molecule has 0 radical (unpaired) electrons. The number of methoxy groups -OCH3 is 1. The number of ether oxygens (including phenoxy) is 1. The van der Waals surface area contributed by atoms with Gasteiger partial charge in [0, 0.05) is 17.6 Å². The first-order valence-electron chi connectivity index (χ1n) is 13.6. The van der Waals surface area contributed by atoms with E-state index >= 15 is 0 Å². The van der Waals surface area contributed by atoms with Crippen LogP contribution in [-0.2, 0) is 35.1 Å². The van der Waals surface area contributed by atoms with Crippen molar-refractivity contribution in [3.63, 3.8) is 0 Å². The van der Waals surface area contributed by atoms with E-state index < -0.39 is 76.6 Å². The van der Waals surface area contributed by atoms with E-state index in [0.717, 1.165) is 7.11 Å². The Kier molecular flexibility index (Phi) is 7.45. The second-order valence-electron chi connectivity index (χ2n) is 11.5. The lowest BCUT2D eigenvalue weighted by atomic mass is 9.52. The summed E-state index contributed by atoms with van der Waals surface area (Å²) in [7, 11) is 4.23. The van der Waals surface area contributed by atoms with Crippen molar-refractivity contribution in [2.45, 2.75) is 30.6 Å². The average Bonchev–Trinajstić information content (AvgIpc) is 2.94. The Morgan fingerprint density at radius 3 is 2.28 bits per heavy atom. The zero-order chi connectivity index (χ0) is 31.5. The molecule has 5 rings (SSSR count). The summed E-state index contributed by atoms with van der Waals surface area (Å²) in [6.45, 7) is 0. The van der Waals surface area contributed by atoms with Crippen LogP contribution in [0, 0.1) is 23.7 Å². The summed E-state index contributed by atoms with van der Waals surface area (Å²) in [5, 5.41) is 35.9. The van der Waals surface area contributed by atoms with E-state index in [9.17, 15) is 44.1 Å². The van der Waals surface area contributed by atoms with Crippen molar-refractivity contribution in [2.75, 3.05) is 26.5 Å². The van der Waals surface area contributed by atoms with E-state index in [1.165, 1.54) is 11.0 Å². The Balaban J connectivity index is 1.55. The van der Waals surface area contributed by atoms with Crippen LogP contribution in [-0.4, -0.2) is 94.3 Å². The molecule has 2 aromatic carbocycles. The highest BCUT2D eigenvalue weighted by Crippen LogP contribution is 2.52. The molecule has 0 aliphatic heterocycles. The number of hydrogen-bond donors (Lipinski definition) is 5. The van der Waals surface area contributed by atoms with E-state index in [1.807, 2.05) is 0 Å². The maximum absolute atomic E-state index is 14.0. The molecular formula is C30H31N3O10. The van der Waals surface area contributed by atoms with Gasteiger partial charge in [-0.15, -0.1) is 0 Å². The maximum Gasteiger partial charge on any atom is 0.396 e. The lowest BCUT2D eigenvalue weighted by Crippen LogP contribution is -2.75. The summed E-state index contributed by atoms with van der Waals surface area (Å²) in [4.78, 5) is 78.3. The van der Waals surface area contributed by atoms with E-state index in [-0.39, 0.29) is 24.2 Å². The summed E-state index contributed by atoms with van der Waals surface area (Å²) >= 11 is 0. The third-order valence-corrected chi connectivity index (χ3v) is 9.00. The number of fused-ring (bicyclic) bond motifs is 3. The molecule has 2 aromatic rings. The Bertz CT molecular complexity index is 1570. The summed E-state index contributed by atoms with van der Waals surface area (Å²) in [5.41, 5.74) is 4.49. The van der Waals surface area contributed by atoms with Crippen LogP contribution >= 0.6 is 0 Å². The van der Waals surface area contributed by atoms with Crippen molar-refractivity contribution >= 4 is 40.8 Å². The second-order valence-corrected chi connectivity index (χ2v) is 11.5. The van der Waals surface area contributed by atoms with Gasteiger partial charge in [0.25, 0.3) is 0 Å². The fourth-order valence-electron chi connectivity index (χ4n) is 7.10. The van der Waals surface area contributed by atoms with E-state index in [4.69, 9.17) is 5.73 Å². The van der Waals surface area contributed by atoms with Gasteiger partial charge in [-0.2, -0.15) is 0 Å². The number of likely N-dealkylation sites (N-methyl/N-ethyl adjacent to an activating group) is 1. The predicted octanol–water partition coefficient (Wildman–Crippen LogP) is -0.563. The number of rotatable bonds is 4. The van der Waals surface area contributed by atoms with E-state index in [2.05, 4.69) is 10.1 Å². The molecule has 3 unspecified atom stereocenters. The Labute approximate surface area is 245 Å². The number of amides is 2. The van der Waals surface area contributed by atoms with Gasteiger partial charge in [-0.1, -0.05) is 18.2 Å². The Hall–Kier alpha value is -4.46. The van der Waals surface area contributed by atoms with Crippen LogP contribution in [0.1, 0.15) is 22.3 Å². The maximum atomic E-state index is 14.0. The van der Waals surface area contributed by atoms with Gasteiger partial charge in [0.1, 0.15) is 11.7 Å². The number of nitrogens with two attached hydrogens (primary N) is 1. The molecule has 226 valence electrons. The van der Waals surface area contributed by atoms with Gasteiger partial charge in [0.05, 0.1) is 24.7 Å². The molecule has 0 saturated heterocycles. The average molecular weight is 594 g/mol. The number of phenols is 1. The summed E-state index contributed by atoms with van der Waals surface area (Å²) in [6.07, 6.45) is -1.47. The van der Waals surface area contributed by atoms with Crippen molar-refractivity contribution in [3.05, 3.63) is 47.5 Å². The molecule has 3 aliphatic carbocycles. The molecule has 2 saturated carbocycles. The number of nitrogens with one attached hydrogen (secondary N) is 1.